The number of primary amides is 1. The first-order valence-corrected chi connectivity index (χ1v) is 14.4. The number of benzene rings is 1. The van der Waals surface area contributed by atoms with Gasteiger partial charge in [-0.15, -0.1) is 11.3 Å². The molecule has 0 saturated heterocycles. The normalized spacial score (nSPS) is 11.6. The summed E-state index contributed by atoms with van der Waals surface area (Å²) >= 11 is 7.12. The molecule has 0 aliphatic carbocycles. The summed E-state index contributed by atoms with van der Waals surface area (Å²) in [5, 5.41) is 7.96. The Bertz CT molecular complexity index is 1880. The van der Waals surface area contributed by atoms with Crippen LogP contribution in [-0.4, -0.2) is 26.6 Å². The zero-order valence-corrected chi connectivity index (χ0v) is 25.5. The van der Waals surface area contributed by atoms with Crippen molar-refractivity contribution >= 4 is 50.7 Å². The largest absolute Gasteiger partial charge is 0.485 e. The molecular formula is C30H28ClF2N5O4S. The lowest BCUT2D eigenvalue weighted by molar-refractivity contribution is 0.0992. The molecule has 0 aliphatic rings. The van der Waals surface area contributed by atoms with Crippen LogP contribution in [0.1, 0.15) is 74.7 Å². The monoisotopic (exact) mass is 627 g/mol. The first-order chi connectivity index (χ1) is 20.3. The van der Waals surface area contributed by atoms with Crippen molar-refractivity contribution in [2.75, 3.05) is 5.32 Å². The summed E-state index contributed by atoms with van der Waals surface area (Å²) in [5.41, 5.74) is 8.45. The molecule has 224 valence electrons. The predicted octanol–water partition coefficient (Wildman–Crippen LogP) is 7.55. The van der Waals surface area contributed by atoms with Gasteiger partial charge in [0.15, 0.2) is 5.76 Å². The Morgan fingerprint density at radius 3 is 2.56 bits per heavy atom. The fourth-order valence-corrected chi connectivity index (χ4v) is 5.93. The van der Waals surface area contributed by atoms with E-state index in [1.165, 1.54) is 12.1 Å². The average Bonchev–Trinajstić information content (AvgIpc) is 3.65. The minimum absolute atomic E-state index is 0.0421. The number of nitrogens with zero attached hydrogens (tertiary/aromatic N) is 3. The number of aryl methyl sites for hydroxylation is 3. The van der Waals surface area contributed by atoms with Gasteiger partial charge < -0.3 is 20.2 Å². The number of carbonyl (C=O) groups excluding carboxylic acids is 2. The van der Waals surface area contributed by atoms with Crippen LogP contribution >= 0.6 is 22.9 Å². The van der Waals surface area contributed by atoms with Gasteiger partial charge in [-0.3, -0.25) is 14.3 Å². The Balaban J connectivity index is 1.48. The molecule has 0 fully saturated rings. The molecule has 0 spiro atoms. The number of anilines is 1. The highest BCUT2D eigenvalue weighted by molar-refractivity contribution is 7.21. The molecule has 0 atom stereocenters. The van der Waals surface area contributed by atoms with Crippen molar-refractivity contribution in [3.63, 3.8) is 0 Å². The number of ether oxygens (including phenoxy) is 1. The molecule has 13 heteroatoms. The van der Waals surface area contributed by atoms with E-state index < -0.39 is 23.9 Å². The first-order valence-electron chi connectivity index (χ1n) is 13.2. The Hall–Kier alpha value is -4.29. The summed E-state index contributed by atoms with van der Waals surface area (Å²) in [5.74, 6) is -0.376. The van der Waals surface area contributed by atoms with Crippen molar-refractivity contribution in [1.82, 2.24) is 14.8 Å². The number of aromatic nitrogens is 3. The number of hydrogen-bond acceptors (Lipinski definition) is 7. The number of thiophene rings is 1. The van der Waals surface area contributed by atoms with Gasteiger partial charge >= 0.3 is 0 Å². The summed E-state index contributed by atoms with van der Waals surface area (Å²) in [7, 11) is 1.70. The molecule has 1 aromatic carbocycles. The molecule has 4 aromatic heterocycles. The van der Waals surface area contributed by atoms with Crippen molar-refractivity contribution in [1.29, 1.82) is 0 Å². The standard InChI is InChI=1S/C30H28ClF2N5O4S/c1-13(2)17-9-20(31)14(3)8-23(17)41-12-16-6-7-22(42-16)29(40)36-25-24-18(19-11-38(5)37-15(19)4)10-21(27(32)33)35-30(24)43-26(25)28(34)39/h6-11,13,27H,12H2,1-5H3,(H2,34,39)(H,36,40). The number of halogens is 3. The second-order valence-corrected chi connectivity index (χ2v) is 11.8. The number of rotatable bonds is 9. The maximum absolute atomic E-state index is 13.8. The van der Waals surface area contributed by atoms with E-state index in [1.54, 1.807) is 30.9 Å². The molecule has 0 bridgehead atoms. The van der Waals surface area contributed by atoms with Gasteiger partial charge in [-0.1, -0.05) is 25.4 Å². The lowest BCUT2D eigenvalue weighted by Crippen LogP contribution is -2.16. The number of pyridine rings is 1. The van der Waals surface area contributed by atoms with E-state index in [0.717, 1.165) is 22.5 Å². The molecule has 0 saturated carbocycles. The van der Waals surface area contributed by atoms with E-state index in [0.29, 0.717) is 38.7 Å². The second-order valence-electron chi connectivity index (χ2n) is 10.4. The van der Waals surface area contributed by atoms with Crippen molar-refractivity contribution in [2.24, 2.45) is 12.8 Å². The maximum Gasteiger partial charge on any atom is 0.291 e. The molecule has 0 unspecified atom stereocenters. The van der Waals surface area contributed by atoms with Crippen molar-refractivity contribution < 1.29 is 27.5 Å². The van der Waals surface area contributed by atoms with Crippen LogP contribution in [0, 0.1) is 13.8 Å². The van der Waals surface area contributed by atoms with Gasteiger partial charge in [-0.05, 0) is 66.8 Å². The Kier molecular flexibility index (Phi) is 8.26. The number of hydrogen-bond donors (Lipinski definition) is 2. The number of carbonyl (C=O) groups is 2. The highest BCUT2D eigenvalue weighted by Crippen LogP contribution is 2.43. The minimum Gasteiger partial charge on any atom is -0.485 e. The molecule has 0 aliphatic heterocycles. The summed E-state index contributed by atoms with van der Waals surface area (Å²) in [6.45, 7) is 7.72. The summed E-state index contributed by atoms with van der Waals surface area (Å²) in [6, 6.07) is 8.04. The smallest absolute Gasteiger partial charge is 0.291 e. The molecule has 43 heavy (non-hydrogen) atoms. The molecule has 2 amide bonds. The number of alkyl halides is 2. The fraction of sp³-hybridized carbons (Fsp3) is 0.267. The van der Waals surface area contributed by atoms with Crippen LogP contribution in [-0.2, 0) is 13.7 Å². The van der Waals surface area contributed by atoms with Gasteiger partial charge in [-0.25, -0.2) is 13.8 Å². The zero-order valence-electron chi connectivity index (χ0n) is 23.9. The third-order valence-corrected chi connectivity index (χ3v) is 8.35. The van der Waals surface area contributed by atoms with E-state index in [4.69, 9.17) is 26.5 Å². The zero-order chi connectivity index (χ0) is 31.2. The Labute approximate surface area is 254 Å². The Morgan fingerprint density at radius 2 is 1.93 bits per heavy atom. The van der Waals surface area contributed by atoms with E-state index in [1.807, 2.05) is 32.9 Å². The van der Waals surface area contributed by atoms with Crippen LogP contribution in [0.5, 0.6) is 5.75 Å². The van der Waals surface area contributed by atoms with Crippen molar-refractivity contribution in [2.45, 2.75) is 46.6 Å². The number of nitrogens with two attached hydrogens (primary N) is 1. The second kappa shape index (κ2) is 11.8. The molecule has 5 aromatic rings. The molecule has 4 heterocycles. The molecule has 0 radical (unpaired) electrons. The van der Waals surface area contributed by atoms with Crippen LogP contribution in [0.3, 0.4) is 0 Å². The fourth-order valence-electron chi connectivity index (χ4n) is 4.75. The van der Waals surface area contributed by atoms with Crippen molar-refractivity contribution in [3.8, 4) is 16.9 Å². The molecular weight excluding hydrogens is 600 g/mol. The lowest BCUT2D eigenvalue weighted by atomic mass is 10.0. The highest BCUT2D eigenvalue weighted by Gasteiger charge is 2.27. The summed E-state index contributed by atoms with van der Waals surface area (Å²) in [6.07, 6.45) is -1.20. The molecule has 9 nitrogen and oxygen atoms in total. The van der Waals surface area contributed by atoms with Crippen LogP contribution < -0.4 is 15.8 Å². The highest BCUT2D eigenvalue weighted by atomic mass is 35.5. The van der Waals surface area contributed by atoms with Gasteiger partial charge in [0.2, 0.25) is 0 Å². The number of amides is 2. The number of fused-ring (bicyclic) bond motifs is 1. The third-order valence-electron chi connectivity index (χ3n) is 6.84. The topological polar surface area (TPSA) is 125 Å². The van der Waals surface area contributed by atoms with Crippen LogP contribution in [0.4, 0.5) is 14.5 Å². The van der Waals surface area contributed by atoms with Crippen LogP contribution in [0.2, 0.25) is 5.02 Å². The SMILES string of the molecule is Cc1cc(OCc2ccc(C(=O)Nc3c(C(N)=O)sc4nc(C(F)F)cc(-c5cn(C)nc5C)c34)o2)c(C(C)C)cc1Cl. The minimum atomic E-state index is -2.87. The summed E-state index contributed by atoms with van der Waals surface area (Å²) in [4.78, 5) is 29.9. The first kappa shape index (κ1) is 30.2. The van der Waals surface area contributed by atoms with E-state index in [-0.39, 0.29) is 33.7 Å². The van der Waals surface area contributed by atoms with Gasteiger partial charge in [0.05, 0.1) is 11.4 Å². The number of furan rings is 1. The van der Waals surface area contributed by atoms with Crippen LogP contribution in [0.15, 0.2) is 40.9 Å². The third kappa shape index (κ3) is 5.98. The van der Waals surface area contributed by atoms with E-state index in [9.17, 15) is 18.4 Å². The Morgan fingerprint density at radius 1 is 1.19 bits per heavy atom. The lowest BCUT2D eigenvalue weighted by Gasteiger charge is -2.15. The van der Waals surface area contributed by atoms with E-state index >= 15 is 0 Å². The van der Waals surface area contributed by atoms with Gasteiger partial charge in [0.25, 0.3) is 18.2 Å². The van der Waals surface area contributed by atoms with Gasteiger partial charge in [0, 0.05) is 29.2 Å². The van der Waals surface area contributed by atoms with E-state index in [2.05, 4.69) is 15.4 Å². The summed E-state index contributed by atoms with van der Waals surface area (Å²) < 4.78 is 40.9. The quantitative estimate of drug-likeness (QED) is 0.174. The van der Waals surface area contributed by atoms with Crippen LogP contribution in [0.25, 0.3) is 21.3 Å². The van der Waals surface area contributed by atoms with Gasteiger partial charge in [0.1, 0.15) is 33.5 Å². The molecule has 5 rings (SSSR count). The maximum atomic E-state index is 13.8. The van der Waals surface area contributed by atoms with Gasteiger partial charge in [-0.2, -0.15) is 5.10 Å². The molecule has 3 N–H and O–H groups in total. The number of nitrogens with one attached hydrogen (secondary N) is 1. The average molecular weight is 628 g/mol. The predicted molar refractivity (Wildman–Crippen MR) is 161 cm³/mol. The van der Waals surface area contributed by atoms with Crippen molar-refractivity contribution in [3.05, 3.63) is 80.5 Å².